The Hall–Kier alpha value is -5.50. The minimum absolute atomic E-state index is 0.0743. The second kappa shape index (κ2) is 17.7. The number of alkyl halides is 12. The second-order valence-electron chi connectivity index (χ2n) is 14.9. The smallest absolute Gasteiger partial charge is 0.371 e. The van der Waals surface area contributed by atoms with E-state index in [1.165, 1.54) is 13.8 Å². The molecule has 4 aromatic carbocycles. The molecule has 8 nitrogen and oxygen atoms in total. The van der Waals surface area contributed by atoms with Gasteiger partial charge in [-0.3, -0.25) is 0 Å². The number of halogens is 12. The summed E-state index contributed by atoms with van der Waals surface area (Å²) in [5.41, 5.74) is -6.87. The molecule has 0 spiro atoms. The fraction of sp³-hybridized carbons (Fsp3) is 0.381. The molecule has 2 aliphatic heterocycles. The van der Waals surface area contributed by atoms with Crippen LogP contribution in [0, 0.1) is 0 Å². The maximum Gasteiger partial charge on any atom is 0.416 e. The molecule has 0 bridgehead atoms. The minimum Gasteiger partial charge on any atom is -0.371 e. The topological polar surface area (TPSA) is 101 Å². The molecule has 62 heavy (non-hydrogen) atoms. The van der Waals surface area contributed by atoms with Crippen LogP contribution < -0.4 is 21.3 Å². The third-order valence-corrected chi connectivity index (χ3v) is 10.7. The molecular weight excluding hydrogens is 852 g/mol. The number of hydrogen-bond donors (Lipinski definition) is 4. The van der Waals surface area contributed by atoms with E-state index < -0.39 is 94.4 Å². The average Bonchev–Trinajstić information content (AvgIpc) is 3.67. The quantitative estimate of drug-likeness (QED) is 0.119. The number of rotatable bonds is 10. The summed E-state index contributed by atoms with van der Waals surface area (Å²) in [6.07, 6.45) is -22.0. The maximum atomic E-state index is 13.1. The predicted molar refractivity (Wildman–Crippen MR) is 200 cm³/mol. The molecule has 4 amide bonds. The van der Waals surface area contributed by atoms with Crippen molar-refractivity contribution in [3.05, 3.63) is 142 Å². The summed E-state index contributed by atoms with van der Waals surface area (Å²) < 4.78 is 169. The van der Waals surface area contributed by atoms with Crippen LogP contribution in [-0.4, -0.2) is 37.4 Å². The fourth-order valence-electron chi connectivity index (χ4n) is 7.07. The average molecular weight is 893 g/mol. The van der Waals surface area contributed by atoms with Gasteiger partial charge in [-0.1, -0.05) is 60.7 Å². The lowest BCUT2D eigenvalue weighted by Gasteiger charge is -2.34. The molecule has 20 heteroatoms. The first-order chi connectivity index (χ1) is 28.7. The number of amides is 4. The van der Waals surface area contributed by atoms with Crippen molar-refractivity contribution in [3.63, 3.8) is 0 Å². The van der Waals surface area contributed by atoms with Gasteiger partial charge < -0.3 is 30.7 Å². The highest BCUT2D eigenvalue weighted by atomic mass is 19.4. The van der Waals surface area contributed by atoms with Crippen LogP contribution in [0.4, 0.5) is 62.3 Å². The first kappa shape index (κ1) is 47.5. The van der Waals surface area contributed by atoms with Gasteiger partial charge in [0, 0.05) is 0 Å². The van der Waals surface area contributed by atoms with E-state index in [9.17, 15) is 62.3 Å². The third kappa shape index (κ3) is 10.7. The Balaban J connectivity index is 0.000000234. The van der Waals surface area contributed by atoms with Crippen molar-refractivity contribution in [1.29, 1.82) is 0 Å². The minimum atomic E-state index is -4.95. The molecule has 4 aromatic rings. The lowest BCUT2D eigenvalue weighted by molar-refractivity contribution is -0.145. The van der Waals surface area contributed by atoms with Crippen LogP contribution in [0.5, 0.6) is 0 Å². The van der Waals surface area contributed by atoms with Crippen molar-refractivity contribution < 1.29 is 71.7 Å². The van der Waals surface area contributed by atoms with Crippen LogP contribution in [-0.2, 0) is 45.3 Å². The Labute approximate surface area is 347 Å². The lowest BCUT2D eigenvalue weighted by atomic mass is 9.85. The van der Waals surface area contributed by atoms with Crippen molar-refractivity contribution >= 4 is 12.1 Å². The van der Waals surface area contributed by atoms with Gasteiger partial charge in [-0.15, -0.1) is 0 Å². The van der Waals surface area contributed by atoms with Gasteiger partial charge in [-0.05, 0) is 86.3 Å². The third-order valence-electron chi connectivity index (χ3n) is 10.7. The molecule has 6 rings (SSSR count). The van der Waals surface area contributed by atoms with Gasteiger partial charge in [0.25, 0.3) is 0 Å². The van der Waals surface area contributed by atoms with Gasteiger partial charge in [-0.25, -0.2) is 9.59 Å². The summed E-state index contributed by atoms with van der Waals surface area (Å²) in [4.78, 5) is 23.9. The van der Waals surface area contributed by atoms with Crippen molar-refractivity contribution in [3.8, 4) is 0 Å². The fourth-order valence-corrected chi connectivity index (χ4v) is 7.07. The van der Waals surface area contributed by atoms with E-state index >= 15 is 0 Å². The zero-order valence-electron chi connectivity index (χ0n) is 33.1. The zero-order valence-corrected chi connectivity index (χ0v) is 33.1. The van der Waals surface area contributed by atoms with E-state index in [0.717, 1.165) is 0 Å². The van der Waals surface area contributed by atoms with Gasteiger partial charge in [0.1, 0.15) is 11.1 Å². The molecule has 0 unspecified atom stereocenters. The van der Waals surface area contributed by atoms with Crippen LogP contribution in [0.15, 0.2) is 97.1 Å². The van der Waals surface area contributed by atoms with E-state index in [4.69, 9.17) is 9.47 Å². The Morgan fingerprint density at radius 3 is 1.00 bits per heavy atom. The number of ether oxygens (including phenoxy) is 2. The highest BCUT2D eigenvalue weighted by Gasteiger charge is 2.48. The Morgan fingerprint density at radius 1 is 0.500 bits per heavy atom. The highest BCUT2D eigenvalue weighted by Crippen LogP contribution is 2.41. The van der Waals surface area contributed by atoms with Crippen molar-refractivity contribution in [2.24, 2.45) is 0 Å². The van der Waals surface area contributed by atoms with Gasteiger partial charge in [0.2, 0.25) is 0 Å². The van der Waals surface area contributed by atoms with Gasteiger partial charge in [-0.2, -0.15) is 52.7 Å². The first-order valence-electron chi connectivity index (χ1n) is 18.8. The molecular formula is C42H40F12N4O4. The van der Waals surface area contributed by atoms with E-state index in [2.05, 4.69) is 21.3 Å². The summed E-state index contributed by atoms with van der Waals surface area (Å²) in [5.74, 6) is 0. The van der Waals surface area contributed by atoms with Crippen LogP contribution in [0.1, 0.15) is 84.4 Å². The summed E-state index contributed by atoms with van der Waals surface area (Å²) in [7, 11) is 0. The lowest BCUT2D eigenvalue weighted by Crippen LogP contribution is -2.49. The zero-order chi connectivity index (χ0) is 46.1. The molecule has 2 aliphatic rings. The molecule has 0 aromatic heterocycles. The van der Waals surface area contributed by atoms with Crippen LogP contribution in [0.2, 0.25) is 0 Å². The summed E-state index contributed by atoms with van der Waals surface area (Å²) in [6.45, 7) is 5.84. The van der Waals surface area contributed by atoms with E-state index in [1.807, 2.05) is 0 Å². The van der Waals surface area contributed by atoms with Crippen molar-refractivity contribution in [2.45, 2.75) is 87.8 Å². The number of hydrogen-bond acceptors (Lipinski definition) is 4. The number of benzene rings is 4. The van der Waals surface area contributed by atoms with E-state index in [-0.39, 0.29) is 36.5 Å². The highest BCUT2D eigenvalue weighted by molar-refractivity contribution is 5.79. The molecule has 6 atom stereocenters. The summed E-state index contributed by atoms with van der Waals surface area (Å²) in [5, 5.41) is 11.0. The molecule has 0 radical (unpaired) electrons. The van der Waals surface area contributed by atoms with E-state index in [1.54, 1.807) is 74.5 Å². The molecule has 2 saturated heterocycles. The first-order valence-corrected chi connectivity index (χ1v) is 18.8. The molecule has 0 saturated carbocycles. The molecule has 2 heterocycles. The maximum absolute atomic E-state index is 13.1. The molecule has 0 aliphatic carbocycles. The predicted octanol–water partition coefficient (Wildman–Crippen LogP) is 10.8. The van der Waals surface area contributed by atoms with Crippen LogP contribution in [0.25, 0.3) is 0 Å². The van der Waals surface area contributed by atoms with Gasteiger partial charge in [0.15, 0.2) is 0 Å². The Morgan fingerprint density at radius 2 is 0.774 bits per heavy atom. The SMILES string of the molecule is C[C@H](OC[C@]1(c2ccccc2)NC(=O)N[C@@H]1C)c1cc(C(F)(F)F)cc(C(F)(F)F)c1.C[C@H](OC[C@]1(c2ccccc2)NC(=O)N[C@H]1C)c1cc(C(F)(F)F)cc(C(F)(F)F)c1. The largest absolute Gasteiger partial charge is 0.416 e. The van der Waals surface area contributed by atoms with Crippen molar-refractivity contribution in [2.75, 3.05) is 13.2 Å². The molecule has 2 fully saturated rings. The summed E-state index contributed by atoms with van der Waals surface area (Å²) in [6, 6.07) is 18.5. The van der Waals surface area contributed by atoms with Crippen LogP contribution in [0.3, 0.4) is 0 Å². The normalized spacial score (nSPS) is 22.7. The number of nitrogens with one attached hydrogen (secondary N) is 4. The molecule has 336 valence electrons. The second-order valence-corrected chi connectivity index (χ2v) is 14.9. The van der Waals surface area contributed by atoms with Gasteiger partial charge >= 0.3 is 36.8 Å². The standard InChI is InChI=1S/2C21H20F6N2O2/c2*1-12(14-8-16(20(22,23)24)10-17(9-14)21(25,26)27)31-11-19(13(2)28-18(30)29-19)15-6-4-3-5-7-15/h2*3-10,12-13H,11H2,1-2H3,(H2,28,29,30)/t12-,13+,19-;12-,13-,19-/m00/s1. The monoisotopic (exact) mass is 892 g/mol. The van der Waals surface area contributed by atoms with Crippen molar-refractivity contribution in [1.82, 2.24) is 21.3 Å². The molecule has 4 N–H and O–H groups in total. The number of carbonyl (C=O) groups excluding carboxylic acids is 2. The van der Waals surface area contributed by atoms with E-state index in [0.29, 0.717) is 35.4 Å². The number of urea groups is 2. The Kier molecular flexibility index (Phi) is 13.6. The summed E-state index contributed by atoms with van der Waals surface area (Å²) >= 11 is 0. The van der Waals surface area contributed by atoms with Crippen LogP contribution >= 0.6 is 0 Å². The number of carbonyl (C=O) groups is 2. The Bertz CT molecular complexity index is 1980. The van der Waals surface area contributed by atoms with Gasteiger partial charge in [0.05, 0.1) is 59.8 Å².